The molecule has 0 aliphatic carbocycles. The fourth-order valence-electron chi connectivity index (χ4n) is 6.31. The molecular formula is C27H42N2O6. The van der Waals surface area contributed by atoms with Gasteiger partial charge < -0.3 is 24.4 Å². The Balaban J connectivity index is 2.02. The van der Waals surface area contributed by atoms with Crippen molar-refractivity contribution < 1.29 is 29.0 Å². The molecule has 0 aromatic heterocycles. The summed E-state index contributed by atoms with van der Waals surface area (Å²) in [6, 6.07) is -1.43. The van der Waals surface area contributed by atoms with E-state index in [1.807, 2.05) is 13.8 Å². The number of likely N-dealkylation sites (tertiary alicyclic amines) is 1. The van der Waals surface area contributed by atoms with Crippen LogP contribution in [0, 0.1) is 11.8 Å². The van der Waals surface area contributed by atoms with Gasteiger partial charge in [0.1, 0.15) is 17.6 Å². The average molecular weight is 491 g/mol. The van der Waals surface area contributed by atoms with Gasteiger partial charge in [0.2, 0.25) is 11.8 Å². The standard InChI is InChI=1S/C27H42N2O6/c1-6-10-12-16-28(15-8-3)24(32)22-27-14-13-26(5,35-27)21(25(33)34-17-11-7-2)20(27)23(31)29(22)19(9-4)18-30/h7-8,19-22,30H,2-3,6,9-18H2,1,4-5H3/t19-,20-,21-,22?,26+,27?/m0/s1. The Hall–Kier alpha value is -2.19. The van der Waals surface area contributed by atoms with Crippen LogP contribution in [0.4, 0.5) is 0 Å². The van der Waals surface area contributed by atoms with Crippen LogP contribution in [0.5, 0.6) is 0 Å². The first-order valence-corrected chi connectivity index (χ1v) is 13.1. The van der Waals surface area contributed by atoms with Crippen molar-refractivity contribution in [3.8, 4) is 0 Å². The summed E-state index contributed by atoms with van der Waals surface area (Å²) in [6.45, 7) is 14.2. The van der Waals surface area contributed by atoms with Crippen molar-refractivity contribution in [2.24, 2.45) is 11.8 Å². The lowest BCUT2D eigenvalue weighted by Gasteiger charge is -2.39. The highest BCUT2D eigenvalue weighted by atomic mass is 16.6. The minimum atomic E-state index is -1.11. The summed E-state index contributed by atoms with van der Waals surface area (Å²) in [4.78, 5) is 44.6. The predicted molar refractivity (Wildman–Crippen MR) is 132 cm³/mol. The van der Waals surface area contributed by atoms with Crippen LogP contribution in [0.1, 0.15) is 65.7 Å². The van der Waals surface area contributed by atoms with Gasteiger partial charge in [0.15, 0.2) is 0 Å². The second kappa shape index (κ2) is 11.2. The molecule has 0 aromatic rings. The summed E-state index contributed by atoms with van der Waals surface area (Å²) in [6.07, 6.45) is 8.29. The van der Waals surface area contributed by atoms with E-state index in [1.54, 1.807) is 17.1 Å². The predicted octanol–water partition coefficient (Wildman–Crippen LogP) is 2.85. The molecule has 3 rings (SSSR count). The third-order valence-corrected chi connectivity index (χ3v) is 8.04. The number of aliphatic hydroxyl groups excluding tert-OH is 1. The number of rotatable bonds is 14. The maximum Gasteiger partial charge on any atom is 0.312 e. The Kier molecular flexibility index (Phi) is 8.81. The topological polar surface area (TPSA) is 96.4 Å². The number of fused-ring (bicyclic) bond motifs is 1. The first-order chi connectivity index (χ1) is 16.8. The number of unbranched alkanes of at least 4 members (excludes halogenated alkanes) is 2. The SMILES string of the molecule is C=CCCOC(=O)[C@@H]1[C@H]2C(=O)N([C@@H](CC)CO)C(C(=O)N(CC=C)CCCCC)C23CC[C@@]1(C)O3. The molecule has 1 spiro atoms. The van der Waals surface area contributed by atoms with E-state index in [4.69, 9.17) is 9.47 Å². The number of ether oxygens (including phenoxy) is 2. The van der Waals surface area contributed by atoms with Gasteiger partial charge in [0, 0.05) is 13.1 Å². The molecule has 6 atom stereocenters. The van der Waals surface area contributed by atoms with Crippen molar-refractivity contribution in [1.29, 1.82) is 0 Å². The first-order valence-electron chi connectivity index (χ1n) is 13.1. The van der Waals surface area contributed by atoms with Crippen LogP contribution >= 0.6 is 0 Å². The fraction of sp³-hybridized carbons (Fsp3) is 0.741. The number of esters is 1. The van der Waals surface area contributed by atoms with E-state index in [0.29, 0.717) is 38.8 Å². The Bertz CT molecular complexity index is 826. The molecule has 3 saturated heterocycles. The maximum atomic E-state index is 14.1. The van der Waals surface area contributed by atoms with Crippen LogP contribution in [0.25, 0.3) is 0 Å². The molecule has 2 amide bonds. The van der Waals surface area contributed by atoms with E-state index in [9.17, 15) is 19.5 Å². The molecule has 196 valence electrons. The lowest BCUT2D eigenvalue weighted by atomic mass is 9.66. The van der Waals surface area contributed by atoms with Gasteiger partial charge >= 0.3 is 5.97 Å². The van der Waals surface area contributed by atoms with E-state index >= 15 is 0 Å². The Morgan fingerprint density at radius 1 is 1.29 bits per heavy atom. The fourth-order valence-corrected chi connectivity index (χ4v) is 6.31. The van der Waals surface area contributed by atoms with Crippen LogP contribution in [0.3, 0.4) is 0 Å². The highest BCUT2D eigenvalue weighted by molar-refractivity contribution is 5.98. The van der Waals surface area contributed by atoms with E-state index in [2.05, 4.69) is 20.1 Å². The molecule has 35 heavy (non-hydrogen) atoms. The normalized spacial score (nSPS) is 31.8. The molecule has 0 radical (unpaired) electrons. The largest absolute Gasteiger partial charge is 0.465 e. The molecule has 8 nitrogen and oxygen atoms in total. The third-order valence-electron chi connectivity index (χ3n) is 8.04. The van der Waals surface area contributed by atoms with Gasteiger partial charge in [0.25, 0.3) is 0 Å². The molecule has 3 aliphatic heterocycles. The van der Waals surface area contributed by atoms with Crippen LogP contribution in [0.15, 0.2) is 25.3 Å². The Morgan fingerprint density at radius 3 is 2.63 bits per heavy atom. The third kappa shape index (κ3) is 4.67. The zero-order valence-corrected chi connectivity index (χ0v) is 21.5. The zero-order valence-electron chi connectivity index (χ0n) is 21.5. The highest BCUT2D eigenvalue weighted by Gasteiger charge is 2.79. The maximum absolute atomic E-state index is 14.1. The van der Waals surface area contributed by atoms with Crippen LogP contribution in [-0.2, 0) is 23.9 Å². The van der Waals surface area contributed by atoms with Crippen molar-refractivity contribution >= 4 is 17.8 Å². The van der Waals surface area contributed by atoms with E-state index in [0.717, 1.165) is 19.3 Å². The zero-order chi connectivity index (χ0) is 25.8. The van der Waals surface area contributed by atoms with Crippen LogP contribution in [0.2, 0.25) is 0 Å². The van der Waals surface area contributed by atoms with E-state index in [-0.39, 0.29) is 25.0 Å². The summed E-state index contributed by atoms with van der Waals surface area (Å²) < 4.78 is 12.1. The summed E-state index contributed by atoms with van der Waals surface area (Å²) in [7, 11) is 0. The van der Waals surface area contributed by atoms with E-state index in [1.165, 1.54) is 4.90 Å². The van der Waals surface area contributed by atoms with Gasteiger partial charge in [-0.05, 0) is 39.0 Å². The summed E-state index contributed by atoms with van der Waals surface area (Å²) >= 11 is 0. The van der Waals surface area contributed by atoms with Crippen molar-refractivity contribution in [1.82, 2.24) is 9.80 Å². The lowest BCUT2D eigenvalue weighted by molar-refractivity contribution is -0.162. The van der Waals surface area contributed by atoms with Gasteiger partial charge in [-0.25, -0.2) is 0 Å². The first kappa shape index (κ1) is 27.4. The molecular weight excluding hydrogens is 448 g/mol. The molecule has 3 heterocycles. The van der Waals surface area contributed by atoms with Crippen LogP contribution in [-0.4, -0.2) is 82.3 Å². The minimum Gasteiger partial charge on any atom is -0.465 e. The molecule has 2 bridgehead atoms. The molecule has 8 heteroatoms. The van der Waals surface area contributed by atoms with Gasteiger partial charge in [-0.2, -0.15) is 0 Å². The average Bonchev–Trinajstić information content (AvgIpc) is 3.40. The number of amides is 2. The summed E-state index contributed by atoms with van der Waals surface area (Å²) in [5.74, 6) is -2.57. The van der Waals surface area contributed by atoms with Crippen molar-refractivity contribution in [3.05, 3.63) is 25.3 Å². The van der Waals surface area contributed by atoms with Gasteiger partial charge in [-0.3, -0.25) is 14.4 Å². The summed E-state index contributed by atoms with van der Waals surface area (Å²) in [5.41, 5.74) is -1.99. The Labute approximate surface area is 209 Å². The number of aliphatic hydroxyl groups is 1. The molecule has 0 aromatic carbocycles. The lowest BCUT2D eigenvalue weighted by Crippen LogP contribution is -2.58. The van der Waals surface area contributed by atoms with Crippen molar-refractivity contribution in [2.75, 3.05) is 26.3 Å². The molecule has 0 saturated carbocycles. The van der Waals surface area contributed by atoms with Gasteiger partial charge in [-0.1, -0.05) is 38.8 Å². The van der Waals surface area contributed by atoms with Crippen LogP contribution < -0.4 is 0 Å². The summed E-state index contributed by atoms with van der Waals surface area (Å²) in [5, 5.41) is 10.1. The molecule has 2 unspecified atom stereocenters. The van der Waals surface area contributed by atoms with E-state index < -0.39 is 41.1 Å². The van der Waals surface area contributed by atoms with Gasteiger partial charge in [-0.15, -0.1) is 13.2 Å². The smallest absolute Gasteiger partial charge is 0.312 e. The highest BCUT2D eigenvalue weighted by Crippen LogP contribution is 2.63. The molecule has 1 N–H and O–H groups in total. The molecule has 3 aliphatic rings. The molecule has 3 fully saturated rings. The monoisotopic (exact) mass is 490 g/mol. The second-order valence-electron chi connectivity index (χ2n) is 10.2. The number of hydrogen-bond donors (Lipinski definition) is 1. The van der Waals surface area contributed by atoms with Gasteiger partial charge in [0.05, 0.1) is 30.8 Å². The number of carbonyl (C=O) groups excluding carboxylic acids is 3. The Morgan fingerprint density at radius 2 is 2.03 bits per heavy atom. The van der Waals surface area contributed by atoms with Crippen molar-refractivity contribution in [3.63, 3.8) is 0 Å². The minimum absolute atomic E-state index is 0.188. The quantitative estimate of drug-likeness (QED) is 0.229. The number of carbonyl (C=O) groups is 3. The van der Waals surface area contributed by atoms with Crippen molar-refractivity contribution in [2.45, 2.75) is 89.0 Å². The number of nitrogens with zero attached hydrogens (tertiary/aromatic N) is 2. The second-order valence-corrected chi connectivity index (χ2v) is 10.2. The number of hydrogen-bond acceptors (Lipinski definition) is 6.